The number of hydrogen-bond acceptors (Lipinski definition) is 4. The molecule has 0 aromatic carbocycles. The fraction of sp³-hybridized carbons (Fsp3) is 0.667. The Hall–Kier alpha value is -0.480. The van der Waals surface area contributed by atoms with E-state index in [4.69, 9.17) is 4.52 Å². The van der Waals surface area contributed by atoms with Crippen LogP contribution in [0.25, 0.3) is 0 Å². The van der Waals surface area contributed by atoms with E-state index >= 15 is 0 Å². The molecule has 1 aromatic rings. The maximum atomic E-state index is 4.99. The van der Waals surface area contributed by atoms with Crippen molar-refractivity contribution in [1.82, 2.24) is 10.1 Å². The summed E-state index contributed by atoms with van der Waals surface area (Å²) in [5.74, 6) is 2.04. The molecule has 0 saturated carbocycles. The van der Waals surface area contributed by atoms with Crippen LogP contribution in [0.3, 0.4) is 0 Å². The van der Waals surface area contributed by atoms with Crippen molar-refractivity contribution in [1.29, 1.82) is 0 Å². The molecule has 0 spiro atoms. The van der Waals surface area contributed by atoms with Crippen molar-refractivity contribution in [3.05, 3.63) is 17.5 Å². The molecule has 0 bridgehead atoms. The third-order valence-electron chi connectivity index (χ3n) is 1.79. The van der Waals surface area contributed by atoms with Gasteiger partial charge in [-0.1, -0.05) is 5.16 Å². The predicted molar refractivity (Wildman–Crippen MR) is 56.0 cm³/mol. The molecule has 0 aliphatic carbocycles. The zero-order valence-corrected chi connectivity index (χ0v) is 9.23. The van der Waals surface area contributed by atoms with Crippen LogP contribution in [0.2, 0.25) is 0 Å². The molecular formula is C9H16N2OS. The molecule has 0 amide bonds. The van der Waals surface area contributed by atoms with Gasteiger partial charge >= 0.3 is 0 Å². The smallest absolute Gasteiger partial charge is 0.133 e. The summed E-state index contributed by atoms with van der Waals surface area (Å²) in [6.45, 7) is 3.88. The van der Waals surface area contributed by atoms with Gasteiger partial charge in [0, 0.05) is 24.9 Å². The van der Waals surface area contributed by atoms with Crippen LogP contribution >= 0.6 is 11.8 Å². The minimum absolute atomic E-state index is 0.873. The SMILES string of the molecule is CSCCN(C)Cc1cc(C)on1. The lowest BCUT2D eigenvalue weighted by Gasteiger charge is -2.13. The molecule has 1 aromatic heterocycles. The van der Waals surface area contributed by atoms with Gasteiger partial charge in [-0.25, -0.2) is 0 Å². The summed E-state index contributed by atoms with van der Waals surface area (Å²) in [5, 5.41) is 3.94. The lowest BCUT2D eigenvalue weighted by Crippen LogP contribution is -2.20. The van der Waals surface area contributed by atoms with Crippen LogP contribution in [-0.4, -0.2) is 35.7 Å². The van der Waals surface area contributed by atoms with Gasteiger partial charge in [0.15, 0.2) is 0 Å². The number of rotatable bonds is 5. The molecule has 1 rings (SSSR count). The Balaban J connectivity index is 2.31. The van der Waals surface area contributed by atoms with E-state index in [0.717, 1.165) is 30.3 Å². The summed E-state index contributed by atoms with van der Waals surface area (Å²) < 4.78 is 4.99. The van der Waals surface area contributed by atoms with Crippen LogP contribution in [0.1, 0.15) is 11.5 Å². The van der Waals surface area contributed by atoms with Gasteiger partial charge in [0.05, 0.1) is 5.69 Å². The second kappa shape index (κ2) is 5.29. The molecule has 3 nitrogen and oxygen atoms in total. The van der Waals surface area contributed by atoms with Crippen LogP contribution < -0.4 is 0 Å². The zero-order valence-electron chi connectivity index (χ0n) is 8.41. The van der Waals surface area contributed by atoms with Crippen molar-refractivity contribution in [2.75, 3.05) is 25.6 Å². The molecule has 74 valence electrons. The summed E-state index contributed by atoms with van der Waals surface area (Å²) in [6, 6.07) is 1.98. The monoisotopic (exact) mass is 200 g/mol. The first-order chi connectivity index (χ1) is 6.22. The van der Waals surface area contributed by atoms with Gasteiger partial charge < -0.3 is 4.52 Å². The van der Waals surface area contributed by atoms with E-state index < -0.39 is 0 Å². The first-order valence-corrected chi connectivity index (χ1v) is 5.71. The predicted octanol–water partition coefficient (Wildman–Crippen LogP) is 1.78. The Kier molecular flexibility index (Phi) is 4.32. The van der Waals surface area contributed by atoms with E-state index in [-0.39, 0.29) is 0 Å². The highest BCUT2D eigenvalue weighted by Gasteiger charge is 2.03. The number of aromatic nitrogens is 1. The maximum Gasteiger partial charge on any atom is 0.133 e. The molecule has 0 aliphatic heterocycles. The highest BCUT2D eigenvalue weighted by Crippen LogP contribution is 2.04. The van der Waals surface area contributed by atoms with Gasteiger partial charge in [-0.05, 0) is 20.2 Å². The van der Waals surface area contributed by atoms with Crippen LogP contribution in [-0.2, 0) is 6.54 Å². The third kappa shape index (κ3) is 3.83. The molecule has 13 heavy (non-hydrogen) atoms. The second-order valence-electron chi connectivity index (χ2n) is 3.16. The van der Waals surface area contributed by atoms with Crippen molar-refractivity contribution < 1.29 is 4.52 Å². The molecule has 0 N–H and O–H groups in total. The normalized spacial score (nSPS) is 11.1. The van der Waals surface area contributed by atoms with Crippen molar-refractivity contribution in [2.24, 2.45) is 0 Å². The van der Waals surface area contributed by atoms with E-state index in [9.17, 15) is 0 Å². The Morgan fingerprint density at radius 3 is 2.92 bits per heavy atom. The zero-order chi connectivity index (χ0) is 9.68. The first kappa shape index (κ1) is 10.6. The number of nitrogens with zero attached hydrogens (tertiary/aromatic N) is 2. The van der Waals surface area contributed by atoms with Crippen LogP contribution in [0.5, 0.6) is 0 Å². The molecule has 0 saturated heterocycles. The van der Waals surface area contributed by atoms with Gasteiger partial charge in [0.2, 0.25) is 0 Å². The van der Waals surface area contributed by atoms with Gasteiger partial charge in [-0.2, -0.15) is 11.8 Å². The maximum absolute atomic E-state index is 4.99. The summed E-state index contributed by atoms with van der Waals surface area (Å²) in [7, 11) is 2.10. The van der Waals surface area contributed by atoms with Crippen LogP contribution in [0.4, 0.5) is 0 Å². The van der Waals surface area contributed by atoms with Crippen molar-refractivity contribution in [3.8, 4) is 0 Å². The highest BCUT2D eigenvalue weighted by molar-refractivity contribution is 7.98. The molecule has 4 heteroatoms. The van der Waals surface area contributed by atoms with Gasteiger partial charge in [-0.15, -0.1) is 0 Å². The first-order valence-electron chi connectivity index (χ1n) is 4.32. The van der Waals surface area contributed by atoms with E-state index in [1.165, 1.54) is 0 Å². The number of hydrogen-bond donors (Lipinski definition) is 0. The van der Waals surface area contributed by atoms with E-state index in [0.29, 0.717) is 0 Å². The Morgan fingerprint density at radius 1 is 1.62 bits per heavy atom. The fourth-order valence-electron chi connectivity index (χ4n) is 1.10. The lowest BCUT2D eigenvalue weighted by molar-refractivity contribution is 0.325. The minimum atomic E-state index is 0.873. The Labute approximate surface area is 83.5 Å². The van der Waals surface area contributed by atoms with E-state index in [2.05, 4.69) is 23.4 Å². The fourth-order valence-corrected chi connectivity index (χ4v) is 1.59. The molecule has 0 atom stereocenters. The number of aryl methyl sites for hydroxylation is 1. The molecule has 1 heterocycles. The molecular weight excluding hydrogens is 184 g/mol. The van der Waals surface area contributed by atoms with Gasteiger partial charge in [0.1, 0.15) is 5.76 Å². The van der Waals surface area contributed by atoms with Gasteiger partial charge in [0.25, 0.3) is 0 Å². The average molecular weight is 200 g/mol. The summed E-state index contributed by atoms with van der Waals surface area (Å²) >= 11 is 1.86. The topological polar surface area (TPSA) is 29.3 Å². The van der Waals surface area contributed by atoms with E-state index in [1.54, 1.807) is 0 Å². The summed E-state index contributed by atoms with van der Waals surface area (Å²) in [6.07, 6.45) is 2.12. The summed E-state index contributed by atoms with van der Waals surface area (Å²) in [4.78, 5) is 2.24. The average Bonchev–Trinajstić information content (AvgIpc) is 2.48. The van der Waals surface area contributed by atoms with E-state index in [1.807, 2.05) is 24.8 Å². The minimum Gasteiger partial charge on any atom is -0.361 e. The molecule has 0 radical (unpaired) electrons. The quantitative estimate of drug-likeness (QED) is 0.724. The van der Waals surface area contributed by atoms with Crippen LogP contribution in [0.15, 0.2) is 10.6 Å². The Morgan fingerprint density at radius 2 is 2.38 bits per heavy atom. The second-order valence-corrected chi connectivity index (χ2v) is 4.15. The van der Waals surface area contributed by atoms with Crippen molar-refractivity contribution >= 4 is 11.8 Å². The summed E-state index contributed by atoms with van der Waals surface area (Å²) in [5.41, 5.74) is 1.01. The third-order valence-corrected chi connectivity index (χ3v) is 2.38. The molecule has 0 unspecified atom stereocenters. The Bertz CT molecular complexity index is 250. The standard InChI is InChI=1S/C9H16N2OS/c1-8-6-9(10-12-8)7-11(2)4-5-13-3/h6H,4-5,7H2,1-3H3. The highest BCUT2D eigenvalue weighted by atomic mass is 32.2. The van der Waals surface area contributed by atoms with Crippen molar-refractivity contribution in [3.63, 3.8) is 0 Å². The largest absolute Gasteiger partial charge is 0.361 e. The number of thioether (sulfide) groups is 1. The molecule has 0 aliphatic rings. The lowest BCUT2D eigenvalue weighted by atomic mass is 10.3. The van der Waals surface area contributed by atoms with Crippen LogP contribution in [0, 0.1) is 6.92 Å². The van der Waals surface area contributed by atoms with Crippen molar-refractivity contribution in [2.45, 2.75) is 13.5 Å². The molecule has 0 fully saturated rings. The van der Waals surface area contributed by atoms with Gasteiger partial charge in [-0.3, -0.25) is 4.90 Å².